The Labute approximate surface area is 276 Å². The van der Waals surface area contributed by atoms with Crippen LogP contribution in [0.2, 0.25) is 0 Å². The normalized spacial score (nSPS) is 17.0. The molecular formula is C39H42O8. The van der Waals surface area contributed by atoms with Gasteiger partial charge in [-0.25, -0.2) is 0 Å². The molecule has 6 rings (SSSR count). The second kappa shape index (κ2) is 16.0. The van der Waals surface area contributed by atoms with Gasteiger partial charge in [-0.15, -0.1) is 0 Å². The maximum Gasteiger partial charge on any atom is 0.183 e. The van der Waals surface area contributed by atoms with Gasteiger partial charge in [0.25, 0.3) is 0 Å². The molecule has 2 aliphatic heterocycles. The Hall–Kier alpha value is -4.34. The zero-order valence-electron chi connectivity index (χ0n) is 27.2. The van der Waals surface area contributed by atoms with Crippen molar-refractivity contribution in [1.29, 1.82) is 0 Å². The van der Waals surface area contributed by atoms with Crippen molar-refractivity contribution in [1.82, 2.24) is 0 Å². The zero-order valence-corrected chi connectivity index (χ0v) is 27.2. The van der Waals surface area contributed by atoms with E-state index in [9.17, 15) is 0 Å². The predicted molar refractivity (Wildman–Crippen MR) is 181 cm³/mol. The highest BCUT2D eigenvalue weighted by Crippen LogP contribution is 2.37. The SMILES string of the molecule is COc1ccc(-c2ccc(OC)cc2COC2CCCCO2)c(/C=C/c2ccc(Oc3cc(C4OCCCO4)ccc3OC)cc2)c1. The van der Waals surface area contributed by atoms with Gasteiger partial charge in [-0.05, 0) is 102 Å². The maximum absolute atomic E-state index is 6.25. The van der Waals surface area contributed by atoms with Crippen molar-refractivity contribution in [2.45, 2.75) is 44.9 Å². The first-order valence-electron chi connectivity index (χ1n) is 16.1. The Morgan fingerprint density at radius 3 is 2.09 bits per heavy atom. The van der Waals surface area contributed by atoms with Crippen LogP contribution in [0.1, 0.15) is 54.2 Å². The molecule has 2 heterocycles. The number of benzene rings is 4. The molecule has 246 valence electrons. The van der Waals surface area contributed by atoms with Crippen molar-refractivity contribution >= 4 is 12.2 Å². The molecule has 2 fully saturated rings. The zero-order chi connectivity index (χ0) is 32.4. The lowest BCUT2D eigenvalue weighted by molar-refractivity contribution is -0.183. The Balaban J connectivity index is 1.22. The number of rotatable bonds is 12. The molecule has 0 N–H and O–H groups in total. The first-order chi connectivity index (χ1) is 23.1. The Morgan fingerprint density at radius 1 is 0.638 bits per heavy atom. The van der Waals surface area contributed by atoms with Crippen molar-refractivity contribution in [2.24, 2.45) is 0 Å². The van der Waals surface area contributed by atoms with E-state index in [0.29, 0.717) is 37.1 Å². The lowest BCUT2D eigenvalue weighted by Gasteiger charge is -2.24. The van der Waals surface area contributed by atoms with Gasteiger partial charge in [0.15, 0.2) is 24.1 Å². The van der Waals surface area contributed by atoms with Gasteiger partial charge >= 0.3 is 0 Å². The van der Waals surface area contributed by atoms with Crippen LogP contribution in [0.5, 0.6) is 28.7 Å². The highest BCUT2D eigenvalue weighted by atomic mass is 16.7. The molecule has 0 spiro atoms. The third-order valence-corrected chi connectivity index (χ3v) is 8.27. The largest absolute Gasteiger partial charge is 0.497 e. The Bertz CT molecular complexity index is 1640. The summed E-state index contributed by atoms with van der Waals surface area (Å²) in [4.78, 5) is 0. The summed E-state index contributed by atoms with van der Waals surface area (Å²) in [6.07, 6.45) is 7.58. The topological polar surface area (TPSA) is 73.8 Å². The monoisotopic (exact) mass is 638 g/mol. The van der Waals surface area contributed by atoms with Gasteiger partial charge in [0.1, 0.15) is 17.2 Å². The van der Waals surface area contributed by atoms with Crippen LogP contribution in [0.25, 0.3) is 23.3 Å². The fourth-order valence-electron chi connectivity index (χ4n) is 5.72. The molecule has 4 aromatic carbocycles. The molecule has 4 aromatic rings. The highest BCUT2D eigenvalue weighted by Gasteiger charge is 2.20. The minimum Gasteiger partial charge on any atom is -0.497 e. The second-order valence-corrected chi connectivity index (χ2v) is 11.4. The Morgan fingerprint density at radius 2 is 1.36 bits per heavy atom. The summed E-state index contributed by atoms with van der Waals surface area (Å²) in [6.45, 7) is 2.50. The van der Waals surface area contributed by atoms with E-state index >= 15 is 0 Å². The van der Waals surface area contributed by atoms with Gasteiger partial charge in [0.2, 0.25) is 0 Å². The van der Waals surface area contributed by atoms with Crippen molar-refractivity contribution in [3.8, 4) is 39.9 Å². The molecule has 0 saturated carbocycles. The van der Waals surface area contributed by atoms with E-state index in [0.717, 1.165) is 77.2 Å². The molecule has 0 radical (unpaired) electrons. The molecule has 8 nitrogen and oxygen atoms in total. The average molecular weight is 639 g/mol. The first-order valence-corrected chi connectivity index (χ1v) is 16.1. The summed E-state index contributed by atoms with van der Waals surface area (Å²) in [5, 5.41) is 0. The summed E-state index contributed by atoms with van der Waals surface area (Å²) < 4.78 is 46.5. The van der Waals surface area contributed by atoms with E-state index in [2.05, 4.69) is 24.3 Å². The molecular weight excluding hydrogens is 596 g/mol. The van der Waals surface area contributed by atoms with Crippen LogP contribution in [0.4, 0.5) is 0 Å². The molecule has 47 heavy (non-hydrogen) atoms. The molecule has 0 amide bonds. The van der Waals surface area contributed by atoms with Gasteiger partial charge in [0, 0.05) is 12.2 Å². The van der Waals surface area contributed by atoms with E-state index in [1.54, 1.807) is 21.3 Å². The van der Waals surface area contributed by atoms with Crippen molar-refractivity contribution in [3.63, 3.8) is 0 Å². The molecule has 0 aromatic heterocycles. The van der Waals surface area contributed by atoms with E-state index in [1.807, 2.05) is 66.7 Å². The summed E-state index contributed by atoms with van der Waals surface area (Å²) in [7, 11) is 4.98. The Kier molecular flexibility index (Phi) is 11.1. The average Bonchev–Trinajstić information content (AvgIpc) is 3.14. The lowest BCUT2D eigenvalue weighted by atomic mass is 9.94. The number of ether oxygens (including phenoxy) is 8. The standard InChI is InChI=1S/C39H42O8/c1-40-32-15-17-34(35-18-16-33(41-2)24-30(35)26-46-38-7-4-5-20-43-38)28(23-32)11-8-27-9-13-31(14-10-27)47-37-25-29(12-19-36(37)42-3)39-44-21-6-22-45-39/h8-19,23-25,38-39H,4-7,20-22,26H2,1-3H3/b11-8+. The van der Waals surface area contributed by atoms with E-state index in [-0.39, 0.29) is 6.29 Å². The van der Waals surface area contributed by atoms with Crippen LogP contribution < -0.4 is 18.9 Å². The fraction of sp³-hybridized carbons (Fsp3) is 0.333. The van der Waals surface area contributed by atoms with E-state index in [4.69, 9.17) is 37.9 Å². The van der Waals surface area contributed by atoms with Gasteiger partial charge in [-0.1, -0.05) is 42.5 Å². The van der Waals surface area contributed by atoms with Gasteiger partial charge in [0.05, 0.1) is 41.2 Å². The van der Waals surface area contributed by atoms with Crippen molar-refractivity contribution in [3.05, 3.63) is 101 Å². The van der Waals surface area contributed by atoms with Gasteiger partial charge in [-0.3, -0.25) is 0 Å². The maximum atomic E-state index is 6.25. The molecule has 0 aliphatic carbocycles. The van der Waals surface area contributed by atoms with E-state index < -0.39 is 6.29 Å². The molecule has 2 saturated heterocycles. The van der Waals surface area contributed by atoms with Crippen LogP contribution in [-0.4, -0.2) is 47.4 Å². The smallest absolute Gasteiger partial charge is 0.183 e. The summed E-state index contributed by atoms with van der Waals surface area (Å²) in [6, 6.07) is 25.9. The van der Waals surface area contributed by atoms with Gasteiger partial charge < -0.3 is 37.9 Å². The van der Waals surface area contributed by atoms with Crippen LogP contribution >= 0.6 is 0 Å². The van der Waals surface area contributed by atoms with Crippen molar-refractivity contribution < 1.29 is 37.9 Å². The minimum atomic E-state index is -0.404. The lowest BCUT2D eigenvalue weighted by Crippen LogP contribution is -2.22. The van der Waals surface area contributed by atoms with Crippen LogP contribution in [-0.2, 0) is 25.6 Å². The van der Waals surface area contributed by atoms with Crippen LogP contribution in [0, 0.1) is 0 Å². The molecule has 0 bridgehead atoms. The second-order valence-electron chi connectivity index (χ2n) is 11.4. The van der Waals surface area contributed by atoms with Gasteiger partial charge in [-0.2, -0.15) is 0 Å². The molecule has 2 aliphatic rings. The third-order valence-electron chi connectivity index (χ3n) is 8.27. The van der Waals surface area contributed by atoms with Crippen molar-refractivity contribution in [2.75, 3.05) is 41.2 Å². The highest BCUT2D eigenvalue weighted by molar-refractivity contribution is 5.83. The third kappa shape index (κ3) is 8.34. The summed E-state index contributed by atoms with van der Waals surface area (Å²) in [5.74, 6) is 3.48. The fourth-order valence-corrected chi connectivity index (χ4v) is 5.72. The summed E-state index contributed by atoms with van der Waals surface area (Å²) >= 11 is 0. The number of methoxy groups -OCH3 is 3. The van der Waals surface area contributed by atoms with E-state index in [1.165, 1.54) is 0 Å². The summed E-state index contributed by atoms with van der Waals surface area (Å²) in [5.41, 5.74) is 6.07. The predicted octanol–water partition coefficient (Wildman–Crippen LogP) is 8.82. The van der Waals surface area contributed by atoms with Crippen LogP contribution in [0.3, 0.4) is 0 Å². The first kappa shape index (κ1) is 32.6. The molecule has 1 atom stereocenters. The van der Waals surface area contributed by atoms with Crippen LogP contribution in [0.15, 0.2) is 78.9 Å². The minimum absolute atomic E-state index is 0.185. The molecule has 1 unspecified atom stereocenters. The quantitative estimate of drug-likeness (QED) is 0.143. The number of hydrogen-bond donors (Lipinski definition) is 0. The number of hydrogen-bond acceptors (Lipinski definition) is 8. The molecule has 8 heteroatoms.